The van der Waals surface area contributed by atoms with Crippen molar-refractivity contribution in [1.82, 2.24) is 9.97 Å². The monoisotopic (exact) mass is 365 g/mol. The van der Waals surface area contributed by atoms with Crippen LogP contribution in [0.25, 0.3) is 0 Å². The molecule has 0 aliphatic heterocycles. The highest BCUT2D eigenvalue weighted by Gasteiger charge is 2.17. The van der Waals surface area contributed by atoms with E-state index in [-0.39, 0.29) is 53.8 Å². The Hall–Kier alpha value is -2.33. The normalized spacial score (nSPS) is 9.48. The van der Waals surface area contributed by atoms with Crippen LogP contribution in [0.1, 0.15) is 23.8 Å². The molecule has 0 aliphatic rings. The summed E-state index contributed by atoms with van der Waals surface area (Å²) in [4.78, 5) is 33.8. The fourth-order valence-corrected chi connectivity index (χ4v) is 1.58. The van der Waals surface area contributed by atoms with Gasteiger partial charge in [-0.05, 0) is 6.92 Å². The third-order valence-electron chi connectivity index (χ3n) is 2.24. The Balaban J connectivity index is 0.00000484. The lowest BCUT2D eigenvalue weighted by Gasteiger charge is -2.09. The predicted octanol–water partition coefficient (Wildman–Crippen LogP) is -0.0873. The van der Waals surface area contributed by atoms with E-state index in [9.17, 15) is 9.59 Å². The number of rotatable bonds is 6. The summed E-state index contributed by atoms with van der Waals surface area (Å²) in [6.07, 6.45) is 0.112. The molecular weight excluding hydrogens is 349 g/mol. The van der Waals surface area contributed by atoms with E-state index in [1.54, 1.807) is 6.92 Å². The molecule has 0 bridgehead atoms. The number of carbonyl (C=O) groups is 2. The molecule has 23 heavy (non-hydrogen) atoms. The van der Waals surface area contributed by atoms with Crippen LogP contribution >= 0.6 is 24.0 Å². The van der Waals surface area contributed by atoms with Crippen molar-refractivity contribution in [3.05, 3.63) is 10.8 Å². The number of anilines is 2. The van der Waals surface area contributed by atoms with E-state index >= 15 is 0 Å². The van der Waals surface area contributed by atoms with Gasteiger partial charge < -0.3 is 27.3 Å². The molecule has 0 fully saturated rings. The first kappa shape index (κ1) is 20.7. The predicted molar refractivity (Wildman–Crippen MR) is 88.6 cm³/mol. The largest absolute Gasteiger partial charge is 0.466 e. The first-order chi connectivity index (χ1) is 10.3. The second-order valence-electron chi connectivity index (χ2n) is 3.92. The summed E-state index contributed by atoms with van der Waals surface area (Å²) in [7, 11) is 0. The smallest absolute Gasteiger partial charge is 0.307 e. The summed E-state index contributed by atoms with van der Waals surface area (Å²) in [6, 6.07) is 0. The van der Waals surface area contributed by atoms with Gasteiger partial charge in [-0.2, -0.15) is 4.99 Å². The van der Waals surface area contributed by atoms with Gasteiger partial charge in [0.15, 0.2) is 28.4 Å². The van der Waals surface area contributed by atoms with Crippen LogP contribution in [0.5, 0.6) is 0 Å². The van der Waals surface area contributed by atoms with Gasteiger partial charge in [0.25, 0.3) is 0 Å². The molecular formula is C11H17Cl2N7O3. The molecule has 0 atom stereocenters. The molecule has 0 unspecified atom stereocenters. The van der Waals surface area contributed by atoms with E-state index in [1.165, 1.54) is 0 Å². The highest BCUT2D eigenvalue weighted by molar-refractivity contribution is 6.32. The fourth-order valence-electron chi connectivity index (χ4n) is 1.38. The fraction of sp³-hybridized carbons (Fsp3) is 0.364. The summed E-state index contributed by atoms with van der Waals surface area (Å²) in [5, 5.41) is 2.66. The zero-order chi connectivity index (χ0) is 16.7. The lowest BCUT2D eigenvalue weighted by molar-refractivity contribution is -0.142. The first-order valence-electron chi connectivity index (χ1n) is 6.21. The van der Waals surface area contributed by atoms with Crippen molar-refractivity contribution in [1.29, 1.82) is 0 Å². The van der Waals surface area contributed by atoms with Gasteiger partial charge in [0.2, 0.25) is 0 Å². The number of aliphatic imine (C=N–C) groups is 1. The number of amides is 1. The van der Waals surface area contributed by atoms with Crippen LogP contribution in [0.3, 0.4) is 0 Å². The second kappa shape index (κ2) is 9.64. The molecule has 0 radical (unpaired) electrons. The maximum absolute atomic E-state index is 11.6. The average Bonchev–Trinajstić information content (AvgIpc) is 2.41. The van der Waals surface area contributed by atoms with Crippen molar-refractivity contribution in [2.45, 2.75) is 13.3 Å². The number of nitrogens with zero attached hydrogens (tertiary/aromatic N) is 3. The Bertz CT molecular complexity index is 606. The van der Waals surface area contributed by atoms with Crippen LogP contribution in [0.4, 0.5) is 11.6 Å². The molecule has 1 rings (SSSR count). The second-order valence-corrected chi connectivity index (χ2v) is 4.28. The van der Waals surface area contributed by atoms with E-state index < -0.39 is 11.9 Å². The zero-order valence-corrected chi connectivity index (χ0v) is 13.8. The standard InChI is InChI=1S/C11H16ClN7O3.ClH/c1-2-22-5(20)3-4-16-9-7(12)17-6(8(13)18-9)10(21)19-11(14)15;/h2-4H2,1H3,(H3,13,16,18)(H4,14,15,19,21);1H. The van der Waals surface area contributed by atoms with Gasteiger partial charge in [0.05, 0.1) is 13.0 Å². The summed E-state index contributed by atoms with van der Waals surface area (Å²) >= 11 is 5.89. The Morgan fingerprint density at radius 1 is 1.35 bits per heavy atom. The Morgan fingerprint density at radius 2 is 2.00 bits per heavy atom. The number of nitrogens with one attached hydrogen (secondary N) is 1. The highest BCUT2D eigenvalue weighted by atomic mass is 35.5. The lowest BCUT2D eigenvalue weighted by atomic mass is 10.4. The summed E-state index contributed by atoms with van der Waals surface area (Å²) in [5.41, 5.74) is 15.5. The van der Waals surface area contributed by atoms with Gasteiger partial charge in [0, 0.05) is 6.54 Å². The number of nitrogens with two attached hydrogens (primary N) is 3. The topological polar surface area (TPSA) is 172 Å². The number of carbonyl (C=O) groups excluding carboxylic acids is 2. The van der Waals surface area contributed by atoms with E-state index in [2.05, 4.69) is 20.3 Å². The molecule has 7 N–H and O–H groups in total. The van der Waals surface area contributed by atoms with E-state index in [4.69, 9.17) is 33.5 Å². The Kier molecular flexibility index (Phi) is 8.66. The number of esters is 1. The molecule has 1 aromatic heterocycles. The van der Waals surface area contributed by atoms with Crippen LogP contribution < -0.4 is 22.5 Å². The van der Waals surface area contributed by atoms with Gasteiger partial charge in [-0.3, -0.25) is 9.59 Å². The number of nitrogen functional groups attached to an aromatic ring is 1. The SMILES string of the molecule is CCOC(=O)CCNc1nc(N)c(C(=O)N=C(N)N)nc1Cl.Cl. The molecule has 1 amide bonds. The Labute approximate surface area is 143 Å². The molecule has 0 saturated carbocycles. The summed E-state index contributed by atoms with van der Waals surface area (Å²) in [5.74, 6) is -1.72. The van der Waals surface area contributed by atoms with Crippen LogP contribution in [0.15, 0.2) is 4.99 Å². The number of hydrogen-bond donors (Lipinski definition) is 4. The van der Waals surface area contributed by atoms with E-state index in [1.807, 2.05) is 0 Å². The minimum atomic E-state index is -0.857. The third-order valence-corrected chi connectivity index (χ3v) is 2.50. The third kappa shape index (κ3) is 6.53. The van der Waals surface area contributed by atoms with Crippen LogP contribution in [0.2, 0.25) is 5.15 Å². The van der Waals surface area contributed by atoms with Crippen molar-refractivity contribution < 1.29 is 14.3 Å². The average molecular weight is 366 g/mol. The first-order valence-corrected chi connectivity index (χ1v) is 6.59. The minimum Gasteiger partial charge on any atom is -0.466 e. The van der Waals surface area contributed by atoms with Crippen molar-refractivity contribution in [2.75, 3.05) is 24.2 Å². The van der Waals surface area contributed by atoms with Crippen LogP contribution in [-0.2, 0) is 9.53 Å². The van der Waals surface area contributed by atoms with E-state index in [0.717, 1.165) is 0 Å². The molecule has 0 aliphatic carbocycles. The van der Waals surface area contributed by atoms with Crippen molar-refractivity contribution in [2.24, 2.45) is 16.5 Å². The van der Waals surface area contributed by atoms with Gasteiger partial charge >= 0.3 is 11.9 Å². The molecule has 10 nitrogen and oxygen atoms in total. The number of aromatic nitrogens is 2. The van der Waals surface area contributed by atoms with Gasteiger partial charge in [-0.1, -0.05) is 11.6 Å². The van der Waals surface area contributed by atoms with Gasteiger partial charge in [-0.25, -0.2) is 9.97 Å². The zero-order valence-electron chi connectivity index (χ0n) is 12.2. The highest BCUT2D eigenvalue weighted by Crippen LogP contribution is 2.20. The van der Waals surface area contributed by atoms with Gasteiger partial charge in [0.1, 0.15) is 0 Å². The molecule has 1 aromatic rings. The number of halogens is 2. The van der Waals surface area contributed by atoms with E-state index in [0.29, 0.717) is 6.61 Å². The van der Waals surface area contributed by atoms with Crippen molar-refractivity contribution in [3.63, 3.8) is 0 Å². The van der Waals surface area contributed by atoms with Crippen molar-refractivity contribution >= 4 is 53.5 Å². The minimum absolute atomic E-state index is 0. The quantitative estimate of drug-likeness (QED) is 0.305. The molecule has 0 aromatic carbocycles. The number of hydrogen-bond acceptors (Lipinski definition) is 7. The Morgan fingerprint density at radius 3 is 2.57 bits per heavy atom. The molecule has 0 saturated heterocycles. The maximum Gasteiger partial charge on any atom is 0.307 e. The van der Waals surface area contributed by atoms with Crippen LogP contribution in [0, 0.1) is 0 Å². The lowest BCUT2D eigenvalue weighted by Crippen LogP contribution is -2.25. The number of ether oxygens (including phenoxy) is 1. The van der Waals surface area contributed by atoms with Gasteiger partial charge in [-0.15, -0.1) is 12.4 Å². The number of guanidine groups is 1. The van der Waals surface area contributed by atoms with Crippen molar-refractivity contribution in [3.8, 4) is 0 Å². The molecule has 128 valence electrons. The maximum atomic E-state index is 11.6. The van der Waals surface area contributed by atoms with Crippen LogP contribution in [-0.4, -0.2) is 41.0 Å². The summed E-state index contributed by atoms with van der Waals surface area (Å²) < 4.78 is 4.77. The molecule has 12 heteroatoms. The summed E-state index contributed by atoms with van der Waals surface area (Å²) in [6.45, 7) is 2.22. The molecule has 1 heterocycles. The molecule has 0 spiro atoms.